The number of carbonyl (C=O) groups excluding carboxylic acids is 1. The molecule has 3 heteroatoms. The summed E-state index contributed by atoms with van der Waals surface area (Å²) in [7, 11) is 0. The Balaban J connectivity index is 1.68. The molecule has 21 heavy (non-hydrogen) atoms. The molecule has 4 rings (SSSR count). The van der Waals surface area contributed by atoms with E-state index in [1.165, 1.54) is 44.9 Å². The SMILES string of the molecule is CC12CCC(C1)C(C)(C)C2N1C(=O)CNC1C1CCCC1. The van der Waals surface area contributed by atoms with Crippen LogP contribution in [-0.4, -0.2) is 29.6 Å². The molecular weight excluding hydrogens is 260 g/mol. The van der Waals surface area contributed by atoms with Crippen LogP contribution in [0.1, 0.15) is 65.7 Å². The number of hydrogen-bond donors (Lipinski definition) is 1. The summed E-state index contributed by atoms with van der Waals surface area (Å²) in [6.07, 6.45) is 9.61. The van der Waals surface area contributed by atoms with E-state index in [9.17, 15) is 4.79 Å². The van der Waals surface area contributed by atoms with Crippen LogP contribution in [-0.2, 0) is 4.79 Å². The molecule has 1 saturated heterocycles. The number of carbonyl (C=O) groups is 1. The number of amides is 1. The molecule has 3 nitrogen and oxygen atoms in total. The number of fused-ring (bicyclic) bond motifs is 2. The van der Waals surface area contributed by atoms with Crippen molar-refractivity contribution in [3.05, 3.63) is 0 Å². The van der Waals surface area contributed by atoms with Gasteiger partial charge in [-0.1, -0.05) is 33.6 Å². The van der Waals surface area contributed by atoms with Crippen molar-refractivity contribution in [3.8, 4) is 0 Å². The summed E-state index contributed by atoms with van der Waals surface area (Å²) in [5.74, 6) is 1.86. The van der Waals surface area contributed by atoms with Crippen LogP contribution in [0, 0.1) is 22.7 Å². The van der Waals surface area contributed by atoms with Gasteiger partial charge >= 0.3 is 0 Å². The van der Waals surface area contributed by atoms with Crippen LogP contribution < -0.4 is 5.32 Å². The van der Waals surface area contributed by atoms with Crippen molar-refractivity contribution in [3.63, 3.8) is 0 Å². The number of nitrogens with zero attached hydrogens (tertiary/aromatic N) is 1. The van der Waals surface area contributed by atoms with E-state index in [2.05, 4.69) is 31.0 Å². The Morgan fingerprint density at radius 1 is 1.14 bits per heavy atom. The topological polar surface area (TPSA) is 32.3 Å². The maximum Gasteiger partial charge on any atom is 0.238 e. The summed E-state index contributed by atoms with van der Waals surface area (Å²) in [6.45, 7) is 7.85. The highest BCUT2D eigenvalue weighted by atomic mass is 16.2. The minimum absolute atomic E-state index is 0.283. The van der Waals surface area contributed by atoms with Crippen molar-refractivity contribution in [2.45, 2.75) is 77.9 Å². The predicted molar refractivity (Wildman–Crippen MR) is 83.6 cm³/mol. The molecular formula is C18H30N2O. The quantitative estimate of drug-likeness (QED) is 0.847. The molecule has 4 aliphatic rings. The molecule has 2 bridgehead atoms. The molecule has 0 aromatic carbocycles. The fourth-order valence-corrected chi connectivity index (χ4v) is 6.48. The van der Waals surface area contributed by atoms with E-state index in [0.29, 0.717) is 36.0 Å². The molecule has 1 aliphatic heterocycles. The Hall–Kier alpha value is -0.570. The Bertz CT molecular complexity index is 449. The summed E-state index contributed by atoms with van der Waals surface area (Å²) in [5, 5.41) is 3.57. The summed E-state index contributed by atoms with van der Waals surface area (Å²) in [5.41, 5.74) is 0.637. The molecule has 4 unspecified atom stereocenters. The number of nitrogens with one attached hydrogen (secondary N) is 1. The van der Waals surface area contributed by atoms with Crippen molar-refractivity contribution < 1.29 is 4.79 Å². The highest BCUT2D eigenvalue weighted by Gasteiger charge is 2.63. The first-order valence-corrected chi connectivity index (χ1v) is 8.98. The second-order valence-corrected chi connectivity index (χ2v) is 8.99. The van der Waals surface area contributed by atoms with Gasteiger partial charge in [-0.2, -0.15) is 0 Å². The van der Waals surface area contributed by atoms with Gasteiger partial charge in [0.1, 0.15) is 0 Å². The van der Waals surface area contributed by atoms with Gasteiger partial charge in [0.25, 0.3) is 0 Å². The molecule has 4 atom stereocenters. The van der Waals surface area contributed by atoms with Gasteiger partial charge in [0.2, 0.25) is 5.91 Å². The first-order chi connectivity index (χ1) is 9.93. The second-order valence-electron chi connectivity index (χ2n) is 8.99. The van der Waals surface area contributed by atoms with Gasteiger partial charge in [0.15, 0.2) is 0 Å². The molecule has 0 aromatic heterocycles. The standard InChI is InChI=1S/C18H30N2O/c1-17(2)13-8-9-18(3,10-13)16(17)20-14(21)11-19-15(20)12-6-4-5-7-12/h12-13,15-16,19H,4-11H2,1-3H3. The zero-order valence-corrected chi connectivity index (χ0v) is 13.8. The van der Waals surface area contributed by atoms with Gasteiger partial charge in [-0.3, -0.25) is 10.1 Å². The fraction of sp³-hybridized carbons (Fsp3) is 0.944. The summed E-state index contributed by atoms with van der Waals surface area (Å²) in [4.78, 5) is 15.0. The van der Waals surface area contributed by atoms with Gasteiger partial charge in [-0.15, -0.1) is 0 Å². The molecule has 0 spiro atoms. The molecule has 1 N–H and O–H groups in total. The molecule has 4 fully saturated rings. The van der Waals surface area contributed by atoms with Crippen LogP contribution in [0.2, 0.25) is 0 Å². The van der Waals surface area contributed by atoms with Crippen LogP contribution in [0.15, 0.2) is 0 Å². The number of rotatable bonds is 2. The minimum Gasteiger partial charge on any atom is -0.322 e. The molecule has 3 saturated carbocycles. The Kier molecular flexibility index (Phi) is 2.99. The Morgan fingerprint density at radius 3 is 2.48 bits per heavy atom. The van der Waals surface area contributed by atoms with Gasteiger partial charge in [0.05, 0.1) is 12.7 Å². The van der Waals surface area contributed by atoms with Crippen molar-refractivity contribution in [1.82, 2.24) is 10.2 Å². The summed E-state index contributed by atoms with van der Waals surface area (Å²) in [6, 6.07) is 0.442. The first-order valence-electron chi connectivity index (χ1n) is 8.98. The van der Waals surface area contributed by atoms with E-state index in [1.807, 2.05) is 0 Å². The normalized spacial score (nSPS) is 46.0. The summed E-state index contributed by atoms with van der Waals surface area (Å²) < 4.78 is 0. The van der Waals surface area contributed by atoms with Crippen LogP contribution in [0.5, 0.6) is 0 Å². The lowest BCUT2D eigenvalue weighted by Crippen LogP contribution is -2.58. The first kappa shape index (κ1) is 14.0. The smallest absolute Gasteiger partial charge is 0.238 e. The van der Waals surface area contributed by atoms with E-state index in [1.54, 1.807) is 0 Å². The molecule has 1 heterocycles. The van der Waals surface area contributed by atoms with Gasteiger partial charge in [0, 0.05) is 6.04 Å². The highest BCUT2D eigenvalue weighted by molar-refractivity contribution is 5.81. The van der Waals surface area contributed by atoms with Crippen molar-refractivity contribution >= 4 is 5.91 Å². The van der Waals surface area contributed by atoms with E-state index >= 15 is 0 Å². The van der Waals surface area contributed by atoms with Crippen LogP contribution >= 0.6 is 0 Å². The third kappa shape index (κ3) is 1.85. The van der Waals surface area contributed by atoms with E-state index in [0.717, 1.165) is 5.92 Å². The lowest BCUT2D eigenvalue weighted by molar-refractivity contribution is -0.138. The maximum absolute atomic E-state index is 12.7. The third-order valence-electron chi connectivity index (χ3n) is 7.37. The van der Waals surface area contributed by atoms with Crippen LogP contribution in [0.3, 0.4) is 0 Å². The molecule has 0 radical (unpaired) electrons. The molecule has 118 valence electrons. The second kappa shape index (κ2) is 4.47. The average Bonchev–Trinajstić information content (AvgIpc) is 3.13. The van der Waals surface area contributed by atoms with E-state index in [-0.39, 0.29) is 5.41 Å². The minimum atomic E-state index is 0.283. The van der Waals surface area contributed by atoms with E-state index in [4.69, 9.17) is 0 Å². The predicted octanol–water partition coefficient (Wildman–Crippen LogP) is 3.15. The third-order valence-corrected chi connectivity index (χ3v) is 7.37. The van der Waals surface area contributed by atoms with Gasteiger partial charge in [-0.05, 0) is 54.8 Å². The van der Waals surface area contributed by atoms with E-state index < -0.39 is 0 Å². The van der Waals surface area contributed by atoms with Crippen LogP contribution in [0.4, 0.5) is 0 Å². The Labute approximate surface area is 128 Å². The molecule has 0 aromatic rings. The van der Waals surface area contributed by atoms with Crippen LogP contribution in [0.25, 0.3) is 0 Å². The maximum atomic E-state index is 12.7. The summed E-state index contributed by atoms with van der Waals surface area (Å²) >= 11 is 0. The lowest BCUT2D eigenvalue weighted by atomic mass is 9.67. The van der Waals surface area contributed by atoms with Crippen molar-refractivity contribution in [1.29, 1.82) is 0 Å². The molecule has 3 aliphatic carbocycles. The van der Waals surface area contributed by atoms with Gasteiger partial charge < -0.3 is 4.90 Å². The van der Waals surface area contributed by atoms with Gasteiger partial charge in [-0.25, -0.2) is 0 Å². The van der Waals surface area contributed by atoms with Crippen molar-refractivity contribution in [2.75, 3.05) is 6.54 Å². The fourth-order valence-electron chi connectivity index (χ4n) is 6.48. The monoisotopic (exact) mass is 290 g/mol. The lowest BCUT2D eigenvalue weighted by Gasteiger charge is -2.50. The zero-order valence-electron chi connectivity index (χ0n) is 13.8. The average molecular weight is 290 g/mol. The Morgan fingerprint density at radius 2 is 1.86 bits per heavy atom. The highest BCUT2D eigenvalue weighted by Crippen LogP contribution is 2.64. The largest absolute Gasteiger partial charge is 0.322 e. The molecule has 1 amide bonds. The zero-order chi connectivity index (χ0) is 14.8. The number of hydrogen-bond acceptors (Lipinski definition) is 2. The van der Waals surface area contributed by atoms with Crippen molar-refractivity contribution in [2.24, 2.45) is 22.7 Å².